The monoisotopic (exact) mass is 390 g/mol. The highest BCUT2D eigenvalue weighted by atomic mass is 19.1. The summed E-state index contributed by atoms with van der Waals surface area (Å²) in [6, 6.07) is 13.4. The summed E-state index contributed by atoms with van der Waals surface area (Å²) in [4.78, 5) is 25.3. The molecule has 5 rings (SSSR count). The zero-order chi connectivity index (χ0) is 20.0. The van der Waals surface area contributed by atoms with E-state index in [1.165, 1.54) is 18.3 Å². The second-order valence-electron chi connectivity index (χ2n) is 7.72. The summed E-state index contributed by atoms with van der Waals surface area (Å²) in [6.07, 6.45) is 6.53. The van der Waals surface area contributed by atoms with E-state index in [0.717, 1.165) is 22.6 Å². The minimum absolute atomic E-state index is 0.171. The lowest BCUT2D eigenvalue weighted by Gasteiger charge is -2.13. The molecule has 29 heavy (non-hydrogen) atoms. The van der Waals surface area contributed by atoms with Gasteiger partial charge in [0.15, 0.2) is 0 Å². The molecule has 2 aromatic rings. The van der Waals surface area contributed by atoms with Crippen LogP contribution in [0, 0.1) is 29.5 Å². The second kappa shape index (κ2) is 6.95. The molecule has 1 saturated carbocycles. The van der Waals surface area contributed by atoms with Gasteiger partial charge in [0.1, 0.15) is 18.2 Å². The lowest BCUT2D eigenvalue weighted by Crippen LogP contribution is -2.28. The third kappa shape index (κ3) is 3.14. The number of rotatable bonds is 5. The van der Waals surface area contributed by atoms with E-state index in [-0.39, 0.29) is 41.3 Å². The lowest BCUT2D eigenvalue weighted by atomic mass is 9.85. The second-order valence-corrected chi connectivity index (χ2v) is 7.72. The number of benzene rings is 2. The first-order valence-corrected chi connectivity index (χ1v) is 9.67. The number of halogens is 1. The third-order valence-electron chi connectivity index (χ3n) is 5.95. The van der Waals surface area contributed by atoms with E-state index in [1.807, 2.05) is 12.1 Å². The Labute approximate surface area is 167 Å². The molecule has 1 heterocycles. The Balaban J connectivity index is 1.27. The molecule has 2 bridgehead atoms. The third-order valence-corrected chi connectivity index (χ3v) is 5.95. The van der Waals surface area contributed by atoms with Crippen LogP contribution in [0.25, 0.3) is 0 Å². The number of ether oxygens (including phenoxy) is 1. The summed E-state index contributed by atoms with van der Waals surface area (Å²) in [5.41, 5.74) is 1.58. The first-order valence-electron chi connectivity index (χ1n) is 9.67. The van der Waals surface area contributed by atoms with Crippen molar-refractivity contribution < 1.29 is 18.7 Å². The fourth-order valence-corrected chi connectivity index (χ4v) is 4.56. The maximum atomic E-state index is 13.0. The van der Waals surface area contributed by atoms with Crippen molar-refractivity contribution in [3.63, 3.8) is 0 Å². The van der Waals surface area contributed by atoms with E-state index < -0.39 is 0 Å². The summed E-state index contributed by atoms with van der Waals surface area (Å²) in [5, 5.41) is 5.22. The molecule has 5 nitrogen and oxygen atoms in total. The molecule has 0 radical (unpaired) electrons. The van der Waals surface area contributed by atoms with Crippen molar-refractivity contribution in [1.82, 2.24) is 5.01 Å². The fourth-order valence-electron chi connectivity index (χ4n) is 4.56. The van der Waals surface area contributed by atoms with Crippen LogP contribution in [0.1, 0.15) is 17.5 Å². The van der Waals surface area contributed by atoms with Crippen LogP contribution < -0.4 is 4.74 Å². The van der Waals surface area contributed by atoms with Crippen LogP contribution in [-0.4, -0.2) is 23.0 Å². The Bertz CT molecular complexity index is 1000. The SMILES string of the molecule is O=C1[C@@H]2[C@H](C(=O)N1N=Cc1cccc(OCc3ccc(F)cc3)c1)[C@H]1C=C[C@H]2C1. The summed E-state index contributed by atoms with van der Waals surface area (Å²) >= 11 is 0. The summed E-state index contributed by atoms with van der Waals surface area (Å²) in [5.74, 6) is -0.217. The molecule has 2 aliphatic carbocycles. The van der Waals surface area contributed by atoms with Crippen molar-refractivity contribution in [3.05, 3.63) is 77.6 Å². The number of hydrazone groups is 1. The molecule has 146 valence electrons. The summed E-state index contributed by atoms with van der Waals surface area (Å²) in [6.45, 7) is 0.309. The molecule has 6 heteroatoms. The van der Waals surface area contributed by atoms with Crippen LogP contribution in [0.5, 0.6) is 5.75 Å². The molecule has 0 spiro atoms. The summed E-state index contributed by atoms with van der Waals surface area (Å²) in [7, 11) is 0. The van der Waals surface area contributed by atoms with Gasteiger partial charge in [0, 0.05) is 0 Å². The highest BCUT2D eigenvalue weighted by Gasteiger charge is 2.59. The first kappa shape index (κ1) is 17.8. The molecule has 1 saturated heterocycles. The molecule has 4 atom stereocenters. The van der Waals surface area contributed by atoms with Crippen molar-refractivity contribution in [1.29, 1.82) is 0 Å². The van der Waals surface area contributed by atoms with Gasteiger partial charge in [0.05, 0.1) is 18.1 Å². The Morgan fingerprint density at radius 2 is 1.72 bits per heavy atom. The number of allylic oxidation sites excluding steroid dienone is 2. The standard InChI is InChI=1S/C23H19FN2O3/c24-18-8-4-14(5-9-18)13-29-19-3-1-2-15(10-19)12-25-26-22(27)20-16-6-7-17(11-16)21(20)23(26)28/h1-10,12,16-17,20-21H,11,13H2/t16-,17-,20-,21+/m0/s1. The number of amides is 2. The van der Waals surface area contributed by atoms with E-state index in [4.69, 9.17) is 4.74 Å². The largest absolute Gasteiger partial charge is 0.489 e. The number of imide groups is 1. The number of carbonyl (C=O) groups is 2. The van der Waals surface area contributed by atoms with Gasteiger partial charge in [-0.25, -0.2) is 4.39 Å². The molecule has 2 aromatic carbocycles. The van der Waals surface area contributed by atoms with E-state index in [2.05, 4.69) is 17.3 Å². The van der Waals surface area contributed by atoms with Gasteiger partial charge >= 0.3 is 0 Å². The molecule has 0 aromatic heterocycles. The van der Waals surface area contributed by atoms with Gasteiger partial charge in [-0.2, -0.15) is 10.1 Å². The minimum atomic E-state index is -0.286. The van der Waals surface area contributed by atoms with Crippen LogP contribution >= 0.6 is 0 Å². The zero-order valence-electron chi connectivity index (χ0n) is 15.6. The van der Waals surface area contributed by atoms with Crippen molar-refractivity contribution in [2.24, 2.45) is 28.8 Å². The van der Waals surface area contributed by atoms with Crippen LogP contribution in [0.4, 0.5) is 4.39 Å². The fraction of sp³-hybridized carbons (Fsp3) is 0.261. The topological polar surface area (TPSA) is 59.0 Å². The molecule has 0 N–H and O–H groups in total. The highest BCUT2D eigenvalue weighted by molar-refractivity contribution is 6.06. The quantitative estimate of drug-likeness (QED) is 0.446. The number of carbonyl (C=O) groups excluding carboxylic acids is 2. The van der Waals surface area contributed by atoms with E-state index in [9.17, 15) is 14.0 Å². The Hall–Kier alpha value is -3.28. The summed E-state index contributed by atoms with van der Waals surface area (Å²) < 4.78 is 18.7. The van der Waals surface area contributed by atoms with Crippen molar-refractivity contribution in [2.75, 3.05) is 0 Å². The lowest BCUT2D eigenvalue weighted by molar-refractivity contribution is -0.140. The maximum absolute atomic E-state index is 13.0. The molecular formula is C23H19FN2O3. The first-order chi connectivity index (χ1) is 14.1. The van der Waals surface area contributed by atoms with Gasteiger partial charge in [-0.05, 0) is 53.6 Å². The maximum Gasteiger partial charge on any atom is 0.254 e. The predicted octanol–water partition coefficient (Wildman–Crippen LogP) is 3.55. The van der Waals surface area contributed by atoms with Crippen molar-refractivity contribution in [3.8, 4) is 5.75 Å². The van der Waals surface area contributed by atoms with Gasteiger partial charge in [0.2, 0.25) is 0 Å². The van der Waals surface area contributed by atoms with Gasteiger partial charge in [0.25, 0.3) is 11.8 Å². The minimum Gasteiger partial charge on any atom is -0.489 e. The van der Waals surface area contributed by atoms with Crippen LogP contribution in [-0.2, 0) is 16.2 Å². The van der Waals surface area contributed by atoms with Gasteiger partial charge < -0.3 is 4.74 Å². The van der Waals surface area contributed by atoms with Crippen LogP contribution in [0.2, 0.25) is 0 Å². The van der Waals surface area contributed by atoms with E-state index in [0.29, 0.717) is 12.4 Å². The zero-order valence-corrected chi connectivity index (χ0v) is 15.6. The van der Waals surface area contributed by atoms with Crippen molar-refractivity contribution >= 4 is 18.0 Å². The molecule has 3 aliphatic rings. The molecule has 1 aliphatic heterocycles. The molecule has 0 unspecified atom stereocenters. The number of hydrogen-bond donors (Lipinski definition) is 0. The van der Waals surface area contributed by atoms with Gasteiger partial charge in [-0.3, -0.25) is 9.59 Å². The smallest absolute Gasteiger partial charge is 0.254 e. The normalized spacial score (nSPS) is 27.3. The van der Waals surface area contributed by atoms with Crippen LogP contribution in [0.3, 0.4) is 0 Å². The predicted molar refractivity (Wildman–Crippen MR) is 104 cm³/mol. The molecule has 2 fully saturated rings. The van der Waals surface area contributed by atoms with E-state index in [1.54, 1.807) is 24.3 Å². The Morgan fingerprint density at radius 3 is 2.41 bits per heavy atom. The van der Waals surface area contributed by atoms with Crippen molar-refractivity contribution in [2.45, 2.75) is 13.0 Å². The number of hydrogen-bond acceptors (Lipinski definition) is 4. The van der Waals surface area contributed by atoms with Gasteiger partial charge in [-0.1, -0.05) is 36.4 Å². The average molecular weight is 390 g/mol. The Morgan fingerprint density at radius 1 is 1.03 bits per heavy atom. The molecule has 2 amide bonds. The number of nitrogens with zero attached hydrogens (tertiary/aromatic N) is 2. The molecular weight excluding hydrogens is 371 g/mol. The highest BCUT2D eigenvalue weighted by Crippen LogP contribution is 2.52. The van der Waals surface area contributed by atoms with E-state index >= 15 is 0 Å². The number of fused-ring (bicyclic) bond motifs is 5. The van der Waals surface area contributed by atoms with Gasteiger partial charge in [-0.15, -0.1) is 0 Å². The Kier molecular flexibility index (Phi) is 4.27. The van der Waals surface area contributed by atoms with Crippen LogP contribution in [0.15, 0.2) is 65.8 Å². The average Bonchev–Trinajstić information content (AvgIpc) is 3.41.